The Bertz CT molecular complexity index is 3480. The van der Waals surface area contributed by atoms with Crippen molar-refractivity contribution in [1.82, 2.24) is 0 Å². The van der Waals surface area contributed by atoms with Gasteiger partial charge in [0.2, 0.25) is 0 Å². The number of fused-ring (bicyclic) bond motifs is 8. The summed E-state index contributed by atoms with van der Waals surface area (Å²) in [5.41, 5.74) is 28.3. The largest absolute Gasteiger partial charge is 0.311 e. The number of aryl methyl sites for hydroxylation is 2. The van der Waals surface area contributed by atoms with Crippen LogP contribution in [0, 0.1) is 13.8 Å². The average molecular weight is 890 g/mol. The Morgan fingerprint density at radius 2 is 1.01 bits per heavy atom. The fourth-order valence-corrected chi connectivity index (χ4v) is 12.5. The van der Waals surface area contributed by atoms with Gasteiger partial charge in [0, 0.05) is 51.1 Å². The Balaban J connectivity index is 1.14. The molecule has 3 nitrogen and oxygen atoms in total. The molecule has 0 radical (unpaired) electrons. The number of rotatable bonds is 6. The molecule has 0 N–H and O–H groups in total. The molecule has 0 amide bonds. The highest BCUT2D eigenvalue weighted by atomic mass is 15.2. The minimum absolute atomic E-state index is 0.0229. The van der Waals surface area contributed by atoms with E-state index in [0.717, 1.165) is 36.3 Å². The Labute approximate surface area is 408 Å². The molecule has 4 aliphatic rings. The molecular formula is C65H56BN3. The predicted molar refractivity (Wildman–Crippen MR) is 294 cm³/mol. The zero-order chi connectivity index (χ0) is 46.8. The zero-order valence-electron chi connectivity index (χ0n) is 40.5. The minimum Gasteiger partial charge on any atom is -0.311 e. The summed E-state index contributed by atoms with van der Waals surface area (Å²) < 4.78 is 0. The summed E-state index contributed by atoms with van der Waals surface area (Å²) in [5.74, 6) is 0. The fourth-order valence-electron chi connectivity index (χ4n) is 12.5. The van der Waals surface area contributed by atoms with Crippen LogP contribution in [0.1, 0.15) is 73.9 Å². The summed E-state index contributed by atoms with van der Waals surface area (Å²) in [4.78, 5) is 7.72. The molecule has 334 valence electrons. The molecule has 0 bridgehead atoms. The monoisotopic (exact) mass is 889 g/mol. The molecular weight excluding hydrogens is 834 g/mol. The van der Waals surface area contributed by atoms with Crippen LogP contribution in [0.15, 0.2) is 194 Å². The van der Waals surface area contributed by atoms with Crippen LogP contribution < -0.4 is 31.1 Å². The van der Waals surface area contributed by atoms with Crippen molar-refractivity contribution in [2.45, 2.75) is 71.6 Å². The molecule has 0 fully saturated rings. The number of hydrogen-bond acceptors (Lipinski definition) is 3. The number of anilines is 9. The van der Waals surface area contributed by atoms with Gasteiger partial charge in [0.05, 0.1) is 5.69 Å². The van der Waals surface area contributed by atoms with Crippen molar-refractivity contribution in [3.05, 3.63) is 228 Å². The van der Waals surface area contributed by atoms with Crippen molar-refractivity contribution in [1.29, 1.82) is 0 Å². The van der Waals surface area contributed by atoms with Gasteiger partial charge in [0.1, 0.15) is 0 Å². The van der Waals surface area contributed by atoms with Crippen molar-refractivity contribution in [3.8, 4) is 22.3 Å². The van der Waals surface area contributed by atoms with Gasteiger partial charge in [-0.2, -0.15) is 0 Å². The van der Waals surface area contributed by atoms with E-state index < -0.39 is 0 Å². The third-order valence-electron chi connectivity index (χ3n) is 16.0. The van der Waals surface area contributed by atoms with E-state index in [2.05, 4.69) is 250 Å². The first-order valence-corrected chi connectivity index (χ1v) is 24.9. The highest BCUT2D eigenvalue weighted by molar-refractivity contribution is 7.00. The third kappa shape index (κ3) is 6.48. The van der Waals surface area contributed by atoms with E-state index in [0.29, 0.717) is 0 Å². The van der Waals surface area contributed by atoms with E-state index in [9.17, 15) is 0 Å². The van der Waals surface area contributed by atoms with Gasteiger partial charge < -0.3 is 14.7 Å². The average Bonchev–Trinajstić information content (AvgIpc) is 3.76. The molecule has 0 spiro atoms. The smallest absolute Gasteiger partial charge is 0.252 e. The Kier molecular flexibility index (Phi) is 9.34. The topological polar surface area (TPSA) is 9.72 Å². The summed E-state index contributed by atoms with van der Waals surface area (Å²) in [6, 6.07) is 73.3. The van der Waals surface area contributed by atoms with Gasteiger partial charge in [0.15, 0.2) is 0 Å². The van der Waals surface area contributed by atoms with Crippen molar-refractivity contribution >= 4 is 74.3 Å². The van der Waals surface area contributed by atoms with Gasteiger partial charge in [-0.25, -0.2) is 0 Å². The molecule has 4 heteroatoms. The molecule has 69 heavy (non-hydrogen) atoms. The molecule has 0 aromatic heterocycles. The number of hydrogen-bond donors (Lipinski definition) is 0. The van der Waals surface area contributed by atoms with Crippen LogP contribution in [0.4, 0.5) is 51.2 Å². The first-order valence-electron chi connectivity index (χ1n) is 24.9. The second-order valence-corrected chi connectivity index (χ2v) is 21.3. The molecule has 9 aromatic rings. The molecule has 0 unspecified atom stereocenters. The molecule has 2 aliphatic carbocycles. The Morgan fingerprint density at radius 1 is 0.435 bits per heavy atom. The lowest BCUT2D eigenvalue weighted by atomic mass is 9.33. The molecule has 13 rings (SSSR count). The van der Waals surface area contributed by atoms with E-state index in [1.165, 1.54) is 106 Å². The zero-order valence-corrected chi connectivity index (χ0v) is 40.5. The molecule has 2 heterocycles. The summed E-state index contributed by atoms with van der Waals surface area (Å²) in [6.45, 7) is 14.4. The Morgan fingerprint density at radius 3 is 1.70 bits per heavy atom. The predicted octanol–water partition coefficient (Wildman–Crippen LogP) is 15.4. The van der Waals surface area contributed by atoms with Crippen LogP contribution in [0.5, 0.6) is 0 Å². The summed E-state index contributed by atoms with van der Waals surface area (Å²) in [7, 11) is 0. The molecule has 0 saturated carbocycles. The lowest BCUT2D eigenvalue weighted by Crippen LogP contribution is -2.62. The summed E-state index contributed by atoms with van der Waals surface area (Å²) in [6.07, 6.45) is 3.24. The van der Waals surface area contributed by atoms with Crippen LogP contribution in [-0.2, 0) is 17.3 Å². The first-order chi connectivity index (χ1) is 33.5. The second-order valence-electron chi connectivity index (χ2n) is 21.3. The summed E-state index contributed by atoms with van der Waals surface area (Å²) >= 11 is 0. The van der Waals surface area contributed by atoms with Gasteiger partial charge in [-0.05, 0) is 189 Å². The van der Waals surface area contributed by atoms with Crippen LogP contribution in [0.2, 0.25) is 0 Å². The van der Waals surface area contributed by atoms with Crippen LogP contribution in [-0.4, -0.2) is 6.71 Å². The van der Waals surface area contributed by atoms with E-state index >= 15 is 0 Å². The van der Waals surface area contributed by atoms with Gasteiger partial charge in [0.25, 0.3) is 6.71 Å². The van der Waals surface area contributed by atoms with Gasteiger partial charge >= 0.3 is 0 Å². The SMILES string of the molecule is Cc1cc2c3c(c1)N(c1cccc4c1-c1ccccc1C4)c1ccc(N(c4ccccc4)c4ccccc4)cc1B3c1cc3c(cc1N2c1ccc(-c2ccccc2)cc1C)C(C)(C)CCC3(C)C. The van der Waals surface area contributed by atoms with Crippen molar-refractivity contribution < 1.29 is 0 Å². The normalized spacial score (nSPS) is 15.4. The second kappa shape index (κ2) is 15.5. The van der Waals surface area contributed by atoms with Gasteiger partial charge in [-0.1, -0.05) is 143 Å². The minimum atomic E-state index is -0.0412. The first kappa shape index (κ1) is 41.6. The van der Waals surface area contributed by atoms with Crippen molar-refractivity contribution in [2.24, 2.45) is 0 Å². The van der Waals surface area contributed by atoms with E-state index in [1.807, 2.05) is 0 Å². The maximum Gasteiger partial charge on any atom is 0.252 e. The highest BCUT2D eigenvalue weighted by Gasteiger charge is 2.47. The lowest BCUT2D eigenvalue weighted by molar-refractivity contribution is 0.332. The summed E-state index contributed by atoms with van der Waals surface area (Å²) in [5, 5.41) is 0. The van der Waals surface area contributed by atoms with Gasteiger partial charge in [-0.3, -0.25) is 0 Å². The Hall–Kier alpha value is -7.56. The molecule has 2 aliphatic heterocycles. The van der Waals surface area contributed by atoms with E-state index in [-0.39, 0.29) is 17.5 Å². The lowest BCUT2D eigenvalue weighted by Gasteiger charge is -2.48. The maximum absolute atomic E-state index is 2.66. The molecule has 9 aromatic carbocycles. The highest BCUT2D eigenvalue weighted by Crippen LogP contribution is 2.53. The van der Waals surface area contributed by atoms with Gasteiger partial charge in [-0.15, -0.1) is 0 Å². The van der Waals surface area contributed by atoms with Crippen molar-refractivity contribution in [3.63, 3.8) is 0 Å². The maximum atomic E-state index is 2.66. The van der Waals surface area contributed by atoms with Crippen LogP contribution in [0.25, 0.3) is 22.3 Å². The number of para-hydroxylation sites is 2. The van der Waals surface area contributed by atoms with E-state index in [1.54, 1.807) is 0 Å². The number of nitrogens with zero attached hydrogens (tertiary/aromatic N) is 3. The number of benzene rings is 9. The van der Waals surface area contributed by atoms with Crippen LogP contribution >= 0.6 is 0 Å². The van der Waals surface area contributed by atoms with Crippen molar-refractivity contribution in [2.75, 3.05) is 14.7 Å². The molecule has 0 atom stereocenters. The van der Waals surface area contributed by atoms with E-state index in [4.69, 9.17) is 0 Å². The third-order valence-corrected chi connectivity index (χ3v) is 16.0. The standard InChI is InChI=1S/C65H56BN3/c1-42-35-60-63-61(36-42)69(58-28-18-22-47-38-46-21-16-17-27-51(46)62(47)58)57-32-30-50(67(48-23-12-8-13-24-48)49-25-14-9-15-26-49)39-54(57)66(63)55-40-52-53(65(5,6)34-33-64(52,3)4)41-59(55)68(60)56-31-29-45(37-43(56)2)44-19-10-7-11-20-44/h7-32,35-37,39-41H,33-34,38H2,1-6H3. The fraction of sp³-hybridized carbons (Fsp3) is 0.169. The molecule has 0 saturated heterocycles. The van der Waals surface area contributed by atoms with Crippen LogP contribution in [0.3, 0.4) is 0 Å². The quantitative estimate of drug-likeness (QED) is 0.154.